The molecule has 0 bridgehead atoms. The highest BCUT2D eigenvalue weighted by atomic mass is 16.5. The van der Waals surface area contributed by atoms with Crippen molar-refractivity contribution in [2.24, 2.45) is 0 Å². The van der Waals surface area contributed by atoms with Crippen LogP contribution in [-0.4, -0.2) is 53.1 Å². The molecular weight excluding hydrogens is 438 g/mol. The second kappa shape index (κ2) is 9.10. The van der Waals surface area contributed by atoms with Crippen molar-refractivity contribution in [3.63, 3.8) is 0 Å². The van der Waals surface area contributed by atoms with Gasteiger partial charge in [0.05, 0.1) is 20.8 Å². The Balaban J connectivity index is 1.23. The largest absolute Gasteiger partial charge is 0.497 e. The van der Waals surface area contributed by atoms with Crippen LogP contribution in [0.4, 0.5) is 0 Å². The Labute approximate surface area is 194 Å². The molecule has 34 heavy (non-hydrogen) atoms. The first-order chi connectivity index (χ1) is 16.7. The lowest BCUT2D eigenvalue weighted by Crippen LogP contribution is -2.27. The number of aromatic nitrogens is 4. The Morgan fingerprint density at radius 1 is 1.03 bits per heavy atom. The number of methoxy groups -OCH3 is 2. The Morgan fingerprint density at radius 3 is 2.76 bits per heavy atom. The number of carbonyl (C=O) groups is 1. The van der Waals surface area contributed by atoms with Crippen LogP contribution in [0.25, 0.3) is 28.0 Å². The van der Waals surface area contributed by atoms with Crippen LogP contribution in [0.3, 0.4) is 0 Å². The van der Waals surface area contributed by atoms with Crippen molar-refractivity contribution in [1.82, 2.24) is 25.1 Å². The molecular formula is C24H21N5O5. The fraction of sp³-hybridized carbons (Fsp3) is 0.167. The molecule has 5 rings (SSSR count). The summed E-state index contributed by atoms with van der Waals surface area (Å²) in [5.74, 6) is 2.08. The number of fused-ring (bicyclic) bond motifs is 2. The molecule has 10 heteroatoms. The fourth-order valence-corrected chi connectivity index (χ4v) is 3.51. The molecule has 0 aliphatic carbocycles. The normalized spacial score (nSPS) is 11.0. The zero-order valence-electron chi connectivity index (χ0n) is 18.5. The van der Waals surface area contributed by atoms with Gasteiger partial charge in [-0.25, -0.2) is 0 Å². The van der Waals surface area contributed by atoms with Crippen LogP contribution < -0.4 is 19.5 Å². The highest BCUT2D eigenvalue weighted by Crippen LogP contribution is 2.28. The summed E-state index contributed by atoms with van der Waals surface area (Å²) < 4.78 is 23.5. The lowest BCUT2D eigenvalue weighted by atomic mass is 10.2. The maximum Gasteiger partial charge on any atom is 0.287 e. The molecule has 3 aromatic heterocycles. The number of benzene rings is 2. The summed E-state index contributed by atoms with van der Waals surface area (Å²) in [5, 5.41) is 16.4. The molecule has 3 heterocycles. The fourth-order valence-electron chi connectivity index (χ4n) is 3.51. The highest BCUT2D eigenvalue weighted by Gasteiger charge is 2.15. The molecule has 0 atom stereocenters. The molecule has 0 saturated heterocycles. The average molecular weight is 459 g/mol. The van der Waals surface area contributed by atoms with Gasteiger partial charge >= 0.3 is 0 Å². The van der Waals surface area contributed by atoms with Crippen molar-refractivity contribution in [2.45, 2.75) is 0 Å². The van der Waals surface area contributed by atoms with E-state index in [2.05, 4.69) is 20.6 Å². The molecule has 172 valence electrons. The third-order valence-corrected chi connectivity index (χ3v) is 5.16. The van der Waals surface area contributed by atoms with Crippen molar-refractivity contribution >= 4 is 22.5 Å². The van der Waals surface area contributed by atoms with Crippen LogP contribution in [-0.2, 0) is 0 Å². The van der Waals surface area contributed by atoms with E-state index >= 15 is 0 Å². The summed E-state index contributed by atoms with van der Waals surface area (Å²) in [6.45, 7) is 0.474. The van der Waals surface area contributed by atoms with Gasteiger partial charge in [-0.05, 0) is 30.3 Å². The highest BCUT2D eigenvalue weighted by molar-refractivity contribution is 5.97. The summed E-state index contributed by atoms with van der Waals surface area (Å²) in [6.07, 6.45) is 0. The number of carbonyl (C=O) groups excluding carboxylic acids is 1. The van der Waals surface area contributed by atoms with Crippen molar-refractivity contribution in [3.8, 4) is 28.8 Å². The van der Waals surface area contributed by atoms with Crippen LogP contribution in [0.15, 0.2) is 65.1 Å². The molecule has 0 unspecified atom stereocenters. The first kappa shape index (κ1) is 21.3. The summed E-state index contributed by atoms with van der Waals surface area (Å²) in [4.78, 5) is 12.5. The Morgan fingerprint density at radius 2 is 1.91 bits per heavy atom. The third kappa shape index (κ3) is 4.08. The molecule has 0 aliphatic heterocycles. The lowest BCUT2D eigenvalue weighted by molar-refractivity contribution is 0.0921. The van der Waals surface area contributed by atoms with Gasteiger partial charge in [-0.1, -0.05) is 24.3 Å². The molecule has 0 saturated carbocycles. The van der Waals surface area contributed by atoms with Gasteiger partial charge in [0.15, 0.2) is 28.6 Å². The zero-order valence-corrected chi connectivity index (χ0v) is 18.5. The summed E-state index contributed by atoms with van der Waals surface area (Å²) in [7, 11) is 3.16. The topological polar surface area (TPSA) is 113 Å². The number of nitrogens with zero attached hydrogens (tertiary/aromatic N) is 4. The van der Waals surface area contributed by atoms with Crippen molar-refractivity contribution in [1.29, 1.82) is 0 Å². The van der Waals surface area contributed by atoms with Crippen molar-refractivity contribution in [3.05, 3.63) is 66.4 Å². The van der Waals surface area contributed by atoms with Gasteiger partial charge in [-0.2, -0.15) is 4.52 Å². The number of nitrogens with one attached hydrogen (secondary N) is 1. The number of furan rings is 1. The number of ether oxygens (including phenoxy) is 3. The van der Waals surface area contributed by atoms with Gasteiger partial charge in [0.1, 0.15) is 12.4 Å². The van der Waals surface area contributed by atoms with Gasteiger partial charge in [0, 0.05) is 17.0 Å². The van der Waals surface area contributed by atoms with E-state index in [0.29, 0.717) is 34.4 Å². The number of hydrogen-bond donors (Lipinski definition) is 1. The molecule has 1 N–H and O–H groups in total. The van der Waals surface area contributed by atoms with E-state index < -0.39 is 0 Å². The van der Waals surface area contributed by atoms with Crippen molar-refractivity contribution in [2.75, 3.05) is 27.4 Å². The quantitative estimate of drug-likeness (QED) is 0.352. The smallest absolute Gasteiger partial charge is 0.287 e. The minimum atomic E-state index is -0.343. The molecule has 0 fully saturated rings. The minimum absolute atomic E-state index is 0.200. The van der Waals surface area contributed by atoms with Gasteiger partial charge < -0.3 is 23.9 Å². The van der Waals surface area contributed by atoms with E-state index in [9.17, 15) is 4.79 Å². The van der Waals surface area contributed by atoms with Crippen LogP contribution in [0.2, 0.25) is 0 Å². The summed E-state index contributed by atoms with van der Waals surface area (Å²) in [6, 6.07) is 18.1. The first-order valence-corrected chi connectivity index (χ1v) is 10.5. The predicted octanol–water partition coefficient (Wildman–Crippen LogP) is 3.36. The average Bonchev–Trinajstić information content (AvgIpc) is 3.50. The molecule has 5 aromatic rings. The van der Waals surface area contributed by atoms with E-state index in [0.717, 1.165) is 10.9 Å². The zero-order chi connectivity index (χ0) is 23.5. The number of amides is 1. The summed E-state index contributed by atoms with van der Waals surface area (Å²) >= 11 is 0. The summed E-state index contributed by atoms with van der Waals surface area (Å²) in [5.41, 5.74) is 1.93. The van der Waals surface area contributed by atoms with E-state index in [1.165, 1.54) is 0 Å². The van der Waals surface area contributed by atoms with Gasteiger partial charge in [-0.3, -0.25) is 4.79 Å². The first-order valence-electron chi connectivity index (χ1n) is 10.5. The lowest BCUT2D eigenvalue weighted by Gasteiger charge is -2.07. The Hall–Kier alpha value is -4.60. The molecule has 0 aliphatic rings. The maximum absolute atomic E-state index is 12.5. The Kier molecular flexibility index (Phi) is 5.69. The molecule has 10 nitrogen and oxygen atoms in total. The van der Waals surface area contributed by atoms with Crippen molar-refractivity contribution < 1.29 is 23.4 Å². The molecule has 0 radical (unpaired) electrons. The standard InChI is InChI=1S/C24H21N5O5/c1-31-17-7-3-6-16(13-17)23-27-26-20-9-10-21(28-29(20)23)33-12-11-25-24(30)19-14-15-5-4-8-18(32-2)22(15)34-19/h3-10,13-14H,11-12H2,1-2H3,(H,25,30). The second-order valence-corrected chi connectivity index (χ2v) is 7.29. The molecule has 1 amide bonds. The van der Waals surface area contributed by atoms with Crippen LogP contribution >= 0.6 is 0 Å². The van der Waals surface area contributed by atoms with Crippen LogP contribution in [0.5, 0.6) is 17.4 Å². The van der Waals surface area contributed by atoms with Crippen LogP contribution in [0, 0.1) is 0 Å². The molecule has 0 spiro atoms. The number of para-hydroxylation sites is 1. The number of rotatable bonds is 8. The minimum Gasteiger partial charge on any atom is -0.497 e. The monoisotopic (exact) mass is 459 g/mol. The van der Waals surface area contributed by atoms with Gasteiger partial charge in [-0.15, -0.1) is 15.3 Å². The third-order valence-electron chi connectivity index (χ3n) is 5.16. The van der Waals surface area contributed by atoms with E-state index in [1.807, 2.05) is 36.4 Å². The van der Waals surface area contributed by atoms with E-state index in [-0.39, 0.29) is 24.8 Å². The molecule has 2 aromatic carbocycles. The van der Waals surface area contributed by atoms with E-state index in [4.69, 9.17) is 18.6 Å². The van der Waals surface area contributed by atoms with Gasteiger partial charge in [0.2, 0.25) is 5.88 Å². The number of hydrogen-bond acceptors (Lipinski definition) is 8. The predicted molar refractivity (Wildman–Crippen MR) is 123 cm³/mol. The SMILES string of the molecule is COc1cccc(-c2nnc3ccc(OCCNC(=O)c4cc5cccc(OC)c5o4)nn23)c1. The van der Waals surface area contributed by atoms with Crippen LogP contribution in [0.1, 0.15) is 10.6 Å². The maximum atomic E-state index is 12.5. The van der Waals surface area contributed by atoms with Gasteiger partial charge in [0.25, 0.3) is 5.91 Å². The van der Waals surface area contributed by atoms with E-state index in [1.54, 1.807) is 43.0 Å². The second-order valence-electron chi connectivity index (χ2n) is 7.29. The Bertz CT molecular complexity index is 1480.